The molecule has 1 saturated heterocycles. The van der Waals surface area contributed by atoms with Crippen molar-refractivity contribution in [2.24, 2.45) is 5.73 Å². The number of carbonyl (C=O) groups is 1. The van der Waals surface area contributed by atoms with Crippen molar-refractivity contribution >= 4 is 5.91 Å². The highest BCUT2D eigenvalue weighted by Crippen LogP contribution is 2.28. The number of nitrogens with zero attached hydrogens (tertiary/aromatic N) is 1. The SMILES string of the molecule is COc1cc(-c2ccccc2)ccc1CN1CCO[C@H](C(N)=O)C1. The molecule has 126 valence electrons. The lowest BCUT2D eigenvalue weighted by molar-refractivity contribution is -0.135. The fourth-order valence-corrected chi connectivity index (χ4v) is 2.94. The van der Waals surface area contributed by atoms with Gasteiger partial charge in [0.15, 0.2) is 0 Å². The molecule has 2 aromatic carbocycles. The van der Waals surface area contributed by atoms with Gasteiger partial charge in [0, 0.05) is 25.2 Å². The van der Waals surface area contributed by atoms with Crippen LogP contribution in [0.2, 0.25) is 0 Å². The van der Waals surface area contributed by atoms with Gasteiger partial charge in [-0.3, -0.25) is 9.69 Å². The van der Waals surface area contributed by atoms with Gasteiger partial charge in [-0.05, 0) is 17.2 Å². The van der Waals surface area contributed by atoms with E-state index in [9.17, 15) is 4.79 Å². The zero-order chi connectivity index (χ0) is 16.9. The second kappa shape index (κ2) is 7.47. The zero-order valence-corrected chi connectivity index (χ0v) is 13.8. The Morgan fingerprint density at radius 2 is 2.04 bits per heavy atom. The van der Waals surface area contributed by atoms with E-state index in [0.29, 0.717) is 19.7 Å². The van der Waals surface area contributed by atoms with E-state index in [2.05, 4.69) is 35.2 Å². The molecule has 1 heterocycles. The van der Waals surface area contributed by atoms with Crippen LogP contribution in [0, 0.1) is 0 Å². The molecule has 24 heavy (non-hydrogen) atoms. The molecule has 0 spiro atoms. The predicted molar refractivity (Wildman–Crippen MR) is 92.6 cm³/mol. The average Bonchev–Trinajstić information content (AvgIpc) is 2.63. The van der Waals surface area contributed by atoms with Gasteiger partial charge in [-0.1, -0.05) is 42.5 Å². The van der Waals surface area contributed by atoms with Crippen molar-refractivity contribution in [1.82, 2.24) is 4.90 Å². The van der Waals surface area contributed by atoms with Gasteiger partial charge in [0.25, 0.3) is 0 Å². The smallest absolute Gasteiger partial charge is 0.247 e. The number of morpholine rings is 1. The van der Waals surface area contributed by atoms with Crippen molar-refractivity contribution in [2.75, 3.05) is 26.8 Å². The molecule has 0 saturated carbocycles. The summed E-state index contributed by atoms with van der Waals surface area (Å²) in [7, 11) is 1.68. The first-order valence-corrected chi connectivity index (χ1v) is 8.03. The van der Waals surface area contributed by atoms with Crippen molar-refractivity contribution < 1.29 is 14.3 Å². The number of amides is 1. The van der Waals surface area contributed by atoms with Crippen LogP contribution in [0.25, 0.3) is 11.1 Å². The topological polar surface area (TPSA) is 64.8 Å². The van der Waals surface area contributed by atoms with Crippen molar-refractivity contribution in [3.8, 4) is 16.9 Å². The lowest BCUT2D eigenvalue weighted by Crippen LogP contribution is -2.47. The van der Waals surface area contributed by atoms with Gasteiger partial charge in [0.2, 0.25) is 5.91 Å². The molecular formula is C19H22N2O3. The first-order chi connectivity index (χ1) is 11.7. The number of rotatable bonds is 5. The fourth-order valence-electron chi connectivity index (χ4n) is 2.94. The molecule has 5 nitrogen and oxygen atoms in total. The van der Waals surface area contributed by atoms with Gasteiger partial charge in [0.05, 0.1) is 13.7 Å². The van der Waals surface area contributed by atoms with Gasteiger partial charge in [0.1, 0.15) is 11.9 Å². The second-order valence-corrected chi connectivity index (χ2v) is 5.89. The Labute approximate surface area is 142 Å². The number of ether oxygens (including phenoxy) is 2. The summed E-state index contributed by atoms with van der Waals surface area (Å²) >= 11 is 0. The van der Waals surface area contributed by atoms with Crippen molar-refractivity contribution in [3.63, 3.8) is 0 Å². The summed E-state index contributed by atoms with van der Waals surface area (Å²) in [5, 5.41) is 0. The fraction of sp³-hybridized carbons (Fsp3) is 0.316. The van der Waals surface area contributed by atoms with E-state index in [1.165, 1.54) is 0 Å². The maximum absolute atomic E-state index is 11.3. The van der Waals surface area contributed by atoms with Gasteiger partial charge in [-0.25, -0.2) is 0 Å². The lowest BCUT2D eigenvalue weighted by Gasteiger charge is -2.31. The average molecular weight is 326 g/mol. The van der Waals surface area contributed by atoms with Gasteiger partial charge in [-0.15, -0.1) is 0 Å². The molecule has 0 aliphatic carbocycles. The van der Waals surface area contributed by atoms with Gasteiger partial charge in [-0.2, -0.15) is 0 Å². The summed E-state index contributed by atoms with van der Waals surface area (Å²) in [6, 6.07) is 16.4. The van der Waals surface area contributed by atoms with Crippen molar-refractivity contribution in [3.05, 3.63) is 54.1 Å². The second-order valence-electron chi connectivity index (χ2n) is 5.89. The Kier molecular flexibility index (Phi) is 5.13. The van der Waals surface area contributed by atoms with Crippen LogP contribution >= 0.6 is 0 Å². The Morgan fingerprint density at radius 1 is 1.25 bits per heavy atom. The van der Waals surface area contributed by atoms with Crippen LogP contribution in [0.3, 0.4) is 0 Å². The van der Waals surface area contributed by atoms with Crippen LogP contribution in [-0.4, -0.2) is 43.7 Å². The molecule has 0 radical (unpaired) electrons. The summed E-state index contributed by atoms with van der Waals surface area (Å²) < 4.78 is 11.0. The van der Waals surface area contributed by atoms with Crippen LogP contribution in [-0.2, 0) is 16.1 Å². The van der Waals surface area contributed by atoms with E-state index in [-0.39, 0.29) is 0 Å². The molecule has 1 atom stereocenters. The first-order valence-electron chi connectivity index (χ1n) is 8.03. The normalized spacial score (nSPS) is 18.3. The van der Waals surface area contributed by atoms with E-state index in [1.54, 1.807) is 7.11 Å². The summed E-state index contributed by atoms with van der Waals surface area (Å²) in [5.41, 5.74) is 8.71. The molecule has 1 aliphatic heterocycles. The molecule has 2 aromatic rings. The molecule has 1 fully saturated rings. The summed E-state index contributed by atoms with van der Waals surface area (Å²) in [4.78, 5) is 13.5. The Balaban J connectivity index is 1.77. The standard InChI is InChI=1S/C19H22N2O3/c1-23-17-11-15(14-5-3-2-4-6-14)7-8-16(17)12-21-9-10-24-18(13-21)19(20)22/h2-8,11,18H,9-10,12-13H2,1H3,(H2,20,22)/t18-/m0/s1. The van der Waals surface area contributed by atoms with E-state index in [4.69, 9.17) is 15.2 Å². The predicted octanol–water partition coefficient (Wildman–Crippen LogP) is 2.05. The number of primary amides is 1. The zero-order valence-electron chi connectivity index (χ0n) is 13.8. The molecule has 3 rings (SSSR count). The van der Waals surface area contributed by atoms with Crippen LogP contribution in [0.4, 0.5) is 0 Å². The minimum Gasteiger partial charge on any atom is -0.496 e. The molecule has 1 aliphatic rings. The largest absolute Gasteiger partial charge is 0.496 e. The third kappa shape index (κ3) is 3.75. The molecule has 0 aromatic heterocycles. The highest BCUT2D eigenvalue weighted by atomic mass is 16.5. The number of methoxy groups -OCH3 is 1. The third-order valence-corrected chi connectivity index (χ3v) is 4.26. The summed E-state index contributed by atoms with van der Waals surface area (Å²) in [5.74, 6) is 0.435. The molecule has 0 bridgehead atoms. The number of hydrogen-bond donors (Lipinski definition) is 1. The maximum atomic E-state index is 11.3. The highest BCUT2D eigenvalue weighted by Gasteiger charge is 2.25. The van der Waals surface area contributed by atoms with Crippen LogP contribution in [0.1, 0.15) is 5.56 Å². The Bertz CT molecular complexity index is 703. The quantitative estimate of drug-likeness (QED) is 0.913. The number of hydrogen-bond acceptors (Lipinski definition) is 4. The highest BCUT2D eigenvalue weighted by molar-refractivity contribution is 5.79. The summed E-state index contributed by atoms with van der Waals surface area (Å²) in [6.45, 7) is 2.50. The van der Waals surface area contributed by atoms with E-state index in [0.717, 1.165) is 29.0 Å². The summed E-state index contributed by atoms with van der Waals surface area (Å²) in [6.07, 6.45) is -0.534. The molecule has 2 N–H and O–H groups in total. The third-order valence-electron chi connectivity index (χ3n) is 4.26. The Morgan fingerprint density at radius 3 is 2.75 bits per heavy atom. The van der Waals surface area contributed by atoms with E-state index >= 15 is 0 Å². The van der Waals surface area contributed by atoms with E-state index < -0.39 is 12.0 Å². The monoisotopic (exact) mass is 326 g/mol. The lowest BCUT2D eigenvalue weighted by atomic mass is 10.0. The van der Waals surface area contributed by atoms with Crippen molar-refractivity contribution in [2.45, 2.75) is 12.6 Å². The van der Waals surface area contributed by atoms with Gasteiger partial charge < -0.3 is 15.2 Å². The minimum absolute atomic E-state index is 0.411. The van der Waals surface area contributed by atoms with Crippen molar-refractivity contribution in [1.29, 1.82) is 0 Å². The first kappa shape index (κ1) is 16.5. The molecule has 0 unspecified atom stereocenters. The van der Waals surface area contributed by atoms with Crippen LogP contribution < -0.4 is 10.5 Å². The van der Waals surface area contributed by atoms with Crippen LogP contribution in [0.15, 0.2) is 48.5 Å². The maximum Gasteiger partial charge on any atom is 0.247 e. The van der Waals surface area contributed by atoms with Gasteiger partial charge >= 0.3 is 0 Å². The number of carbonyl (C=O) groups excluding carboxylic acids is 1. The number of nitrogens with two attached hydrogens (primary N) is 1. The Hall–Kier alpha value is -2.37. The minimum atomic E-state index is -0.534. The molecule has 1 amide bonds. The number of benzene rings is 2. The van der Waals surface area contributed by atoms with E-state index in [1.807, 2.05) is 18.2 Å². The van der Waals surface area contributed by atoms with Crippen LogP contribution in [0.5, 0.6) is 5.75 Å². The molecular weight excluding hydrogens is 304 g/mol. The molecule has 5 heteroatoms.